The Balaban J connectivity index is 1.39. The van der Waals surface area contributed by atoms with Gasteiger partial charge in [-0.15, -0.1) is 11.3 Å². The quantitative estimate of drug-likeness (QED) is 0.451. The van der Waals surface area contributed by atoms with Crippen LogP contribution in [-0.4, -0.2) is 48.0 Å². The molecule has 176 valence electrons. The van der Waals surface area contributed by atoms with Crippen LogP contribution in [0.5, 0.6) is 0 Å². The van der Waals surface area contributed by atoms with Gasteiger partial charge in [-0.25, -0.2) is 13.4 Å². The molecule has 0 aliphatic carbocycles. The third kappa shape index (κ3) is 5.37. The Kier molecular flexibility index (Phi) is 7.02. The van der Waals surface area contributed by atoms with Crippen LogP contribution in [0, 0.1) is 0 Å². The summed E-state index contributed by atoms with van der Waals surface area (Å²) in [4.78, 5) is 19.0. The average Bonchev–Trinajstić information content (AvgIpc) is 3.28. The predicted molar refractivity (Wildman–Crippen MR) is 131 cm³/mol. The molecule has 0 bridgehead atoms. The number of nitrogens with one attached hydrogen (secondary N) is 1. The van der Waals surface area contributed by atoms with E-state index in [-0.39, 0.29) is 10.8 Å². The van der Waals surface area contributed by atoms with Crippen molar-refractivity contribution >= 4 is 43.2 Å². The van der Waals surface area contributed by atoms with Crippen molar-refractivity contribution in [1.82, 2.24) is 9.88 Å². The first-order valence-electron chi connectivity index (χ1n) is 11.3. The second-order valence-electron chi connectivity index (χ2n) is 8.61. The van der Waals surface area contributed by atoms with Crippen LogP contribution in [0.25, 0.3) is 10.2 Å². The highest BCUT2D eigenvalue weighted by atomic mass is 32.2. The Hall–Kier alpha value is -2.49. The minimum Gasteiger partial charge on any atom is -0.390 e. The first-order chi connectivity index (χ1) is 15.8. The van der Waals surface area contributed by atoms with Crippen LogP contribution >= 0.6 is 11.3 Å². The predicted octanol–water partition coefficient (Wildman–Crippen LogP) is 4.64. The number of rotatable bonds is 8. The minimum absolute atomic E-state index is 0.104. The lowest BCUT2D eigenvalue weighted by molar-refractivity contribution is -0.0245. The number of anilines is 1. The number of aliphatic hydroxyl groups is 1. The summed E-state index contributed by atoms with van der Waals surface area (Å²) in [6.45, 7) is 3.18. The summed E-state index contributed by atoms with van der Waals surface area (Å²) < 4.78 is 29.2. The molecule has 2 aromatic carbocycles. The van der Waals surface area contributed by atoms with Crippen molar-refractivity contribution in [3.8, 4) is 0 Å². The van der Waals surface area contributed by atoms with Gasteiger partial charge in [0.25, 0.3) is 15.9 Å². The molecule has 1 aromatic heterocycles. The standard InChI is InChI=1S/C24H29N3O4S2/c1-2-3-4-12-24(29)13-15-27(16-14-24)23(28)18-8-10-19(11-9-18)26-33(30,31)21-7-5-6-20-22(21)25-17-32-20/h5-11,17,26,29H,2-4,12-16H2,1H3. The number of amides is 1. The number of nitrogens with zero attached hydrogens (tertiary/aromatic N) is 2. The van der Waals surface area contributed by atoms with E-state index in [1.807, 2.05) is 6.07 Å². The third-order valence-corrected chi connectivity index (χ3v) is 8.43. The third-order valence-electron chi connectivity index (χ3n) is 6.22. The van der Waals surface area contributed by atoms with Crippen LogP contribution in [0.3, 0.4) is 0 Å². The van der Waals surface area contributed by atoms with Crippen molar-refractivity contribution in [1.29, 1.82) is 0 Å². The largest absolute Gasteiger partial charge is 0.390 e. The average molecular weight is 488 g/mol. The van der Waals surface area contributed by atoms with Crippen molar-refractivity contribution in [2.45, 2.75) is 55.9 Å². The molecule has 7 nitrogen and oxygen atoms in total. The van der Waals surface area contributed by atoms with Gasteiger partial charge in [-0.2, -0.15) is 0 Å². The summed E-state index contributed by atoms with van der Waals surface area (Å²) in [5.41, 5.74) is 2.27. The van der Waals surface area contributed by atoms with E-state index in [4.69, 9.17) is 0 Å². The number of para-hydroxylation sites is 1. The van der Waals surface area contributed by atoms with Gasteiger partial charge in [0.2, 0.25) is 0 Å². The Morgan fingerprint density at radius 1 is 1.15 bits per heavy atom. The maximum Gasteiger partial charge on any atom is 0.264 e. The lowest BCUT2D eigenvalue weighted by Crippen LogP contribution is -2.46. The molecule has 1 fully saturated rings. The van der Waals surface area contributed by atoms with E-state index in [0.29, 0.717) is 42.7 Å². The summed E-state index contributed by atoms with van der Waals surface area (Å²) in [7, 11) is -3.82. The van der Waals surface area contributed by atoms with Gasteiger partial charge in [0.05, 0.1) is 15.8 Å². The first-order valence-corrected chi connectivity index (χ1v) is 13.6. The molecule has 2 N–H and O–H groups in total. The number of hydrogen-bond donors (Lipinski definition) is 2. The monoisotopic (exact) mass is 487 g/mol. The Morgan fingerprint density at radius 2 is 1.88 bits per heavy atom. The second-order valence-corrected chi connectivity index (χ2v) is 11.1. The van der Waals surface area contributed by atoms with Crippen LogP contribution < -0.4 is 4.72 Å². The number of hydrogen-bond acceptors (Lipinski definition) is 6. The van der Waals surface area contributed by atoms with E-state index >= 15 is 0 Å². The number of fused-ring (bicyclic) bond motifs is 1. The molecule has 1 aliphatic heterocycles. The van der Waals surface area contributed by atoms with Gasteiger partial charge >= 0.3 is 0 Å². The Morgan fingerprint density at radius 3 is 2.58 bits per heavy atom. The van der Waals surface area contributed by atoms with Crippen LogP contribution in [0.2, 0.25) is 0 Å². The number of carbonyl (C=O) groups is 1. The van der Waals surface area contributed by atoms with Crippen molar-refractivity contribution < 1.29 is 18.3 Å². The first kappa shape index (κ1) is 23.7. The lowest BCUT2D eigenvalue weighted by atomic mass is 9.86. The van der Waals surface area contributed by atoms with Gasteiger partial charge < -0.3 is 10.0 Å². The van der Waals surface area contributed by atoms with E-state index in [0.717, 1.165) is 30.4 Å². The van der Waals surface area contributed by atoms with E-state index < -0.39 is 15.6 Å². The number of aromatic nitrogens is 1. The molecule has 0 unspecified atom stereocenters. The molecule has 0 atom stereocenters. The summed E-state index contributed by atoms with van der Waals surface area (Å²) in [5, 5.41) is 10.8. The molecular weight excluding hydrogens is 458 g/mol. The summed E-state index contributed by atoms with van der Waals surface area (Å²) >= 11 is 1.39. The van der Waals surface area contributed by atoms with Gasteiger partial charge in [0.15, 0.2) is 0 Å². The maximum absolute atomic E-state index is 12.9. The Labute approximate surface area is 198 Å². The van der Waals surface area contributed by atoms with Gasteiger partial charge in [0, 0.05) is 24.3 Å². The van der Waals surface area contributed by atoms with Gasteiger partial charge in [-0.1, -0.05) is 32.3 Å². The summed E-state index contributed by atoms with van der Waals surface area (Å²) in [6.07, 6.45) is 5.19. The van der Waals surface area contributed by atoms with E-state index in [1.165, 1.54) is 17.4 Å². The van der Waals surface area contributed by atoms with Crippen molar-refractivity contribution in [3.63, 3.8) is 0 Å². The molecule has 2 heterocycles. The molecule has 1 aliphatic rings. The molecule has 0 radical (unpaired) electrons. The summed E-state index contributed by atoms with van der Waals surface area (Å²) in [6, 6.07) is 11.5. The topological polar surface area (TPSA) is 99.6 Å². The molecule has 0 saturated carbocycles. The number of thiazole rings is 1. The SMILES string of the molecule is CCCCCC1(O)CCN(C(=O)c2ccc(NS(=O)(=O)c3cccc4scnc34)cc2)CC1. The maximum atomic E-state index is 12.9. The number of sulfonamides is 1. The number of benzene rings is 2. The van der Waals surface area contributed by atoms with E-state index in [9.17, 15) is 18.3 Å². The van der Waals surface area contributed by atoms with Crippen LogP contribution in [0.4, 0.5) is 5.69 Å². The molecule has 9 heteroatoms. The number of likely N-dealkylation sites (tertiary alicyclic amines) is 1. The molecule has 3 aromatic rings. The van der Waals surface area contributed by atoms with Crippen molar-refractivity contribution in [3.05, 3.63) is 53.5 Å². The fourth-order valence-corrected chi connectivity index (χ4v) is 6.23. The highest BCUT2D eigenvalue weighted by Crippen LogP contribution is 2.29. The number of carbonyl (C=O) groups excluding carboxylic acids is 1. The van der Waals surface area contributed by atoms with E-state index in [1.54, 1.807) is 40.7 Å². The van der Waals surface area contributed by atoms with Crippen molar-refractivity contribution in [2.24, 2.45) is 0 Å². The zero-order valence-electron chi connectivity index (χ0n) is 18.7. The molecule has 1 saturated heterocycles. The highest BCUT2D eigenvalue weighted by molar-refractivity contribution is 7.93. The van der Waals surface area contributed by atoms with Crippen LogP contribution in [-0.2, 0) is 10.0 Å². The minimum atomic E-state index is -3.82. The van der Waals surface area contributed by atoms with Crippen LogP contribution in [0.15, 0.2) is 52.9 Å². The zero-order valence-corrected chi connectivity index (χ0v) is 20.3. The van der Waals surface area contributed by atoms with Gasteiger partial charge in [-0.05, 0) is 55.7 Å². The molecule has 0 spiro atoms. The molecule has 4 rings (SSSR count). The smallest absolute Gasteiger partial charge is 0.264 e. The molecular formula is C24H29N3O4S2. The Bertz CT molecular complexity index is 1210. The highest BCUT2D eigenvalue weighted by Gasteiger charge is 2.33. The second kappa shape index (κ2) is 9.79. The zero-order chi connectivity index (χ0) is 23.5. The normalized spacial score (nSPS) is 16.1. The fourth-order valence-electron chi connectivity index (χ4n) is 4.23. The number of unbranched alkanes of at least 4 members (excludes halogenated alkanes) is 2. The van der Waals surface area contributed by atoms with Crippen molar-refractivity contribution in [2.75, 3.05) is 17.8 Å². The fraction of sp³-hybridized carbons (Fsp3) is 0.417. The summed E-state index contributed by atoms with van der Waals surface area (Å²) in [5.74, 6) is -0.104. The molecule has 1 amide bonds. The lowest BCUT2D eigenvalue weighted by Gasteiger charge is -2.38. The number of piperidine rings is 1. The van der Waals surface area contributed by atoms with E-state index in [2.05, 4.69) is 16.6 Å². The van der Waals surface area contributed by atoms with Crippen LogP contribution in [0.1, 0.15) is 55.8 Å². The van der Waals surface area contributed by atoms with Gasteiger partial charge in [-0.3, -0.25) is 9.52 Å². The molecule has 33 heavy (non-hydrogen) atoms. The van der Waals surface area contributed by atoms with Gasteiger partial charge in [0.1, 0.15) is 10.4 Å².